The lowest BCUT2D eigenvalue weighted by Gasteiger charge is -2.45. The molecule has 0 atom stereocenters. The van der Waals surface area contributed by atoms with Crippen molar-refractivity contribution >= 4 is 0 Å². The van der Waals surface area contributed by atoms with Crippen LogP contribution in [0.1, 0.15) is 82.9 Å². The van der Waals surface area contributed by atoms with Crippen LogP contribution in [0, 0.1) is 5.41 Å². The molecule has 4 heteroatoms. The molecule has 0 aromatic carbocycles. The van der Waals surface area contributed by atoms with Gasteiger partial charge in [-0.3, -0.25) is 5.10 Å². The molecule has 4 nitrogen and oxygen atoms in total. The number of unbranched alkanes of at least 4 members (excludes halogenated alkanes) is 1. The highest BCUT2D eigenvalue weighted by atomic mass is 16.5. The molecule has 1 saturated heterocycles. The predicted molar refractivity (Wildman–Crippen MR) is 98.1 cm³/mol. The van der Waals surface area contributed by atoms with Crippen molar-refractivity contribution in [3.63, 3.8) is 0 Å². The van der Waals surface area contributed by atoms with Gasteiger partial charge in [-0.25, -0.2) is 0 Å². The molecule has 2 heterocycles. The molecule has 0 bridgehead atoms. The molecule has 2 aliphatic rings. The van der Waals surface area contributed by atoms with Crippen molar-refractivity contribution in [2.75, 3.05) is 20.2 Å². The van der Waals surface area contributed by atoms with E-state index in [0.29, 0.717) is 11.3 Å². The molecule has 0 unspecified atom stereocenters. The van der Waals surface area contributed by atoms with E-state index in [0.717, 1.165) is 13.2 Å². The first-order valence-electron chi connectivity index (χ1n) is 9.82. The fraction of sp³-hybridized carbons (Fsp3) is 0.850. The van der Waals surface area contributed by atoms with Crippen LogP contribution in [0.2, 0.25) is 0 Å². The topological polar surface area (TPSA) is 41.2 Å². The van der Waals surface area contributed by atoms with Gasteiger partial charge in [0.1, 0.15) is 0 Å². The van der Waals surface area contributed by atoms with Crippen LogP contribution in [0.4, 0.5) is 0 Å². The first-order valence-corrected chi connectivity index (χ1v) is 9.82. The van der Waals surface area contributed by atoms with Crippen LogP contribution in [0.3, 0.4) is 0 Å². The van der Waals surface area contributed by atoms with Crippen molar-refractivity contribution in [2.24, 2.45) is 5.41 Å². The summed E-state index contributed by atoms with van der Waals surface area (Å²) in [5.74, 6) is 0.643. The van der Waals surface area contributed by atoms with Crippen LogP contribution < -0.4 is 0 Å². The second kappa shape index (κ2) is 7.17. The molecule has 3 rings (SSSR count). The number of hydrogen-bond donors (Lipinski definition) is 1. The highest BCUT2D eigenvalue weighted by Crippen LogP contribution is 2.55. The second-order valence-corrected chi connectivity index (χ2v) is 8.56. The van der Waals surface area contributed by atoms with Gasteiger partial charge in [0.05, 0.1) is 11.8 Å². The average Bonchev–Trinajstić information content (AvgIpc) is 3.11. The maximum atomic E-state index is 6.05. The van der Waals surface area contributed by atoms with Crippen LogP contribution in [0.25, 0.3) is 0 Å². The molecular formula is C20H35N3O. The molecule has 1 saturated carbocycles. The largest absolute Gasteiger partial charge is 0.375 e. The summed E-state index contributed by atoms with van der Waals surface area (Å²) in [7, 11) is 2.22. The minimum Gasteiger partial charge on any atom is -0.375 e. The summed E-state index contributed by atoms with van der Waals surface area (Å²) < 4.78 is 6.05. The van der Waals surface area contributed by atoms with Gasteiger partial charge in [-0.1, -0.05) is 13.3 Å². The van der Waals surface area contributed by atoms with Crippen LogP contribution in [-0.2, 0) is 11.3 Å². The van der Waals surface area contributed by atoms with E-state index in [1.54, 1.807) is 0 Å². The Kier molecular flexibility index (Phi) is 5.36. The Bertz CT molecular complexity index is 529. The minimum atomic E-state index is 0.0507. The second-order valence-electron chi connectivity index (χ2n) is 8.56. The third kappa shape index (κ3) is 3.41. The van der Waals surface area contributed by atoms with E-state index in [1.165, 1.54) is 62.7 Å². The van der Waals surface area contributed by atoms with Crippen molar-refractivity contribution in [3.05, 3.63) is 17.5 Å². The lowest BCUT2D eigenvalue weighted by molar-refractivity contribution is -0.0510. The number of H-pyrrole nitrogens is 1. The third-order valence-corrected chi connectivity index (χ3v) is 6.76. The zero-order chi connectivity index (χ0) is 17.2. The quantitative estimate of drug-likeness (QED) is 0.834. The van der Waals surface area contributed by atoms with E-state index in [4.69, 9.17) is 4.74 Å². The van der Waals surface area contributed by atoms with Gasteiger partial charge < -0.3 is 9.64 Å². The van der Waals surface area contributed by atoms with Crippen molar-refractivity contribution in [2.45, 2.75) is 83.8 Å². The molecule has 1 spiro atoms. The lowest BCUT2D eigenvalue weighted by atomic mass is 9.61. The van der Waals surface area contributed by atoms with Gasteiger partial charge >= 0.3 is 0 Å². The molecule has 1 aromatic rings. The Morgan fingerprint density at radius 1 is 1.29 bits per heavy atom. The van der Waals surface area contributed by atoms with Crippen LogP contribution >= 0.6 is 0 Å². The summed E-state index contributed by atoms with van der Waals surface area (Å²) in [5.41, 5.74) is 3.25. The van der Waals surface area contributed by atoms with Gasteiger partial charge in [0, 0.05) is 35.7 Å². The molecule has 24 heavy (non-hydrogen) atoms. The Morgan fingerprint density at radius 3 is 2.67 bits per heavy atom. The Labute approximate surface area is 147 Å². The van der Waals surface area contributed by atoms with E-state index in [-0.39, 0.29) is 5.60 Å². The molecular weight excluding hydrogens is 298 g/mol. The van der Waals surface area contributed by atoms with Gasteiger partial charge in [0.15, 0.2) is 0 Å². The molecule has 0 amide bonds. The maximum absolute atomic E-state index is 6.05. The van der Waals surface area contributed by atoms with Gasteiger partial charge in [-0.2, -0.15) is 5.10 Å². The summed E-state index contributed by atoms with van der Waals surface area (Å²) in [4.78, 5) is 2.43. The summed E-state index contributed by atoms with van der Waals surface area (Å²) in [6.07, 6.45) is 10.9. The van der Waals surface area contributed by atoms with E-state index in [1.807, 2.05) is 6.20 Å². The highest BCUT2D eigenvalue weighted by Gasteiger charge is 2.51. The average molecular weight is 334 g/mol. The van der Waals surface area contributed by atoms with Crippen molar-refractivity contribution in [3.8, 4) is 0 Å². The lowest BCUT2D eigenvalue weighted by Crippen LogP contribution is -2.42. The highest BCUT2D eigenvalue weighted by molar-refractivity contribution is 5.22. The molecule has 1 aromatic heterocycles. The fourth-order valence-electron chi connectivity index (χ4n) is 4.87. The van der Waals surface area contributed by atoms with Crippen molar-refractivity contribution in [1.82, 2.24) is 15.1 Å². The summed E-state index contributed by atoms with van der Waals surface area (Å²) >= 11 is 0. The SMILES string of the molecule is CCCCN(C)Cc1cn[nH]c1C1CCC2(CCOC2(C)C)CC1. The summed E-state index contributed by atoms with van der Waals surface area (Å²) in [5, 5.41) is 7.70. The van der Waals surface area contributed by atoms with Crippen LogP contribution in [0.15, 0.2) is 6.20 Å². The number of aromatic nitrogens is 2. The Morgan fingerprint density at radius 2 is 2.04 bits per heavy atom. The molecule has 136 valence electrons. The van der Waals surface area contributed by atoms with Gasteiger partial charge in [-0.15, -0.1) is 0 Å². The van der Waals surface area contributed by atoms with Gasteiger partial charge in [-0.05, 0) is 66.0 Å². The van der Waals surface area contributed by atoms with E-state index >= 15 is 0 Å². The van der Waals surface area contributed by atoms with E-state index < -0.39 is 0 Å². The number of aromatic amines is 1. The summed E-state index contributed by atoms with van der Waals surface area (Å²) in [6, 6.07) is 0. The number of rotatable bonds is 6. The van der Waals surface area contributed by atoms with E-state index in [9.17, 15) is 0 Å². The third-order valence-electron chi connectivity index (χ3n) is 6.76. The fourth-order valence-corrected chi connectivity index (χ4v) is 4.87. The van der Waals surface area contributed by atoms with Gasteiger partial charge in [0.2, 0.25) is 0 Å². The normalized spacial score (nSPS) is 29.6. The standard InChI is InChI=1S/C20H35N3O/c1-5-6-12-23(4)15-17-14-21-22-18(17)16-7-9-20(10-8-16)11-13-24-19(20,2)3/h14,16H,5-13,15H2,1-4H3,(H,21,22). The predicted octanol–water partition coefficient (Wildman–Crippen LogP) is 4.48. The van der Waals surface area contributed by atoms with Gasteiger partial charge in [0.25, 0.3) is 0 Å². The number of ether oxygens (including phenoxy) is 1. The minimum absolute atomic E-state index is 0.0507. The summed E-state index contributed by atoms with van der Waals surface area (Å²) in [6.45, 7) is 9.97. The monoisotopic (exact) mass is 333 g/mol. The Balaban J connectivity index is 1.62. The van der Waals surface area contributed by atoms with Crippen LogP contribution in [0.5, 0.6) is 0 Å². The molecule has 1 N–H and O–H groups in total. The smallest absolute Gasteiger partial charge is 0.0683 e. The number of nitrogens with zero attached hydrogens (tertiary/aromatic N) is 2. The molecule has 2 fully saturated rings. The zero-order valence-electron chi connectivity index (χ0n) is 16.0. The first kappa shape index (κ1) is 17.9. The zero-order valence-corrected chi connectivity index (χ0v) is 16.0. The molecule has 1 aliphatic heterocycles. The van der Waals surface area contributed by atoms with Crippen LogP contribution in [-0.4, -0.2) is 40.9 Å². The van der Waals surface area contributed by atoms with Crippen molar-refractivity contribution in [1.29, 1.82) is 0 Å². The maximum Gasteiger partial charge on any atom is 0.0683 e. The van der Waals surface area contributed by atoms with Crippen molar-refractivity contribution < 1.29 is 4.74 Å². The first-order chi connectivity index (χ1) is 11.5. The Hall–Kier alpha value is -0.870. The van der Waals surface area contributed by atoms with E-state index in [2.05, 4.69) is 42.9 Å². The molecule has 0 radical (unpaired) electrons. The number of nitrogens with one attached hydrogen (secondary N) is 1. The number of hydrogen-bond acceptors (Lipinski definition) is 3. The molecule has 1 aliphatic carbocycles.